The van der Waals surface area contributed by atoms with Crippen molar-refractivity contribution in [1.29, 1.82) is 0 Å². The molecule has 0 radical (unpaired) electrons. The van der Waals surface area contributed by atoms with Gasteiger partial charge in [0.25, 0.3) is 0 Å². The van der Waals surface area contributed by atoms with Gasteiger partial charge in [-0.1, -0.05) is 12.1 Å². The molecule has 2 atom stereocenters. The Morgan fingerprint density at radius 3 is 2.68 bits per heavy atom. The number of benzene rings is 1. The molecule has 19 heavy (non-hydrogen) atoms. The van der Waals surface area contributed by atoms with Gasteiger partial charge in [0.1, 0.15) is 5.75 Å². The molecular formula is C14H17NO4. The Balaban J connectivity index is 2.00. The highest BCUT2D eigenvalue weighted by atomic mass is 16.5. The molecule has 1 aliphatic rings. The zero-order valence-electron chi connectivity index (χ0n) is 10.7. The normalized spacial score (nSPS) is 23.0. The minimum absolute atomic E-state index is 0.169. The smallest absolute Gasteiger partial charge is 0.246 e. The summed E-state index contributed by atoms with van der Waals surface area (Å²) in [7, 11) is 1.58. The van der Waals surface area contributed by atoms with E-state index in [-0.39, 0.29) is 19.0 Å². The van der Waals surface area contributed by atoms with Crippen molar-refractivity contribution in [2.75, 3.05) is 20.2 Å². The zero-order chi connectivity index (χ0) is 13.8. The predicted octanol–water partition coefficient (Wildman–Crippen LogP) is 0.272. The van der Waals surface area contributed by atoms with Crippen LogP contribution in [0.1, 0.15) is 5.56 Å². The van der Waals surface area contributed by atoms with E-state index in [1.807, 2.05) is 24.3 Å². The number of ether oxygens (including phenoxy) is 1. The molecular weight excluding hydrogens is 246 g/mol. The molecule has 0 aromatic heterocycles. The molecule has 0 aliphatic carbocycles. The highest BCUT2D eigenvalue weighted by Crippen LogP contribution is 2.15. The second-order valence-corrected chi connectivity index (χ2v) is 4.49. The van der Waals surface area contributed by atoms with Crippen molar-refractivity contribution in [3.63, 3.8) is 0 Å². The number of nitrogens with zero attached hydrogens (tertiary/aromatic N) is 1. The Morgan fingerprint density at radius 1 is 1.37 bits per heavy atom. The van der Waals surface area contributed by atoms with E-state index in [9.17, 15) is 15.0 Å². The molecule has 2 unspecified atom stereocenters. The number of aliphatic hydroxyl groups excluding tert-OH is 2. The van der Waals surface area contributed by atoms with Crippen LogP contribution in [-0.2, 0) is 4.79 Å². The lowest BCUT2D eigenvalue weighted by molar-refractivity contribution is -0.125. The molecule has 0 saturated carbocycles. The molecule has 1 aliphatic heterocycles. The van der Waals surface area contributed by atoms with Crippen LogP contribution in [0, 0.1) is 0 Å². The van der Waals surface area contributed by atoms with Crippen LogP contribution in [0.2, 0.25) is 0 Å². The zero-order valence-corrected chi connectivity index (χ0v) is 10.7. The Kier molecular flexibility index (Phi) is 4.19. The van der Waals surface area contributed by atoms with Crippen LogP contribution in [0.25, 0.3) is 6.08 Å². The van der Waals surface area contributed by atoms with Crippen molar-refractivity contribution in [2.45, 2.75) is 12.2 Å². The van der Waals surface area contributed by atoms with Gasteiger partial charge in [0.2, 0.25) is 5.91 Å². The maximum atomic E-state index is 11.8. The summed E-state index contributed by atoms with van der Waals surface area (Å²) in [5.74, 6) is 0.500. The van der Waals surface area contributed by atoms with E-state index in [1.165, 1.54) is 11.0 Å². The molecule has 1 heterocycles. The number of hydrogen-bond donors (Lipinski definition) is 2. The molecule has 1 aromatic rings. The van der Waals surface area contributed by atoms with Gasteiger partial charge in [-0.15, -0.1) is 0 Å². The minimum atomic E-state index is -0.853. The van der Waals surface area contributed by atoms with Gasteiger partial charge in [0, 0.05) is 19.2 Å². The van der Waals surface area contributed by atoms with E-state index in [1.54, 1.807) is 13.2 Å². The molecule has 1 saturated heterocycles. The fraction of sp³-hybridized carbons (Fsp3) is 0.357. The number of rotatable bonds is 3. The van der Waals surface area contributed by atoms with Crippen LogP contribution in [0.3, 0.4) is 0 Å². The van der Waals surface area contributed by atoms with Crippen molar-refractivity contribution in [3.05, 3.63) is 35.9 Å². The first kappa shape index (κ1) is 13.6. The van der Waals surface area contributed by atoms with Crippen molar-refractivity contribution in [3.8, 4) is 5.75 Å². The van der Waals surface area contributed by atoms with Gasteiger partial charge < -0.3 is 19.8 Å². The van der Waals surface area contributed by atoms with E-state index in [0.717, 1.165) is 11.3 Å². The topological polar surface area (TPSA) is 70.0 Å². The molecule has 1 aromatic carbocycles. The summed E-state index contributed by atoms with van der Waals surface area (Å²) in [5.41, 5.74) is 0.855. The maximum absolute atomic E-state index is 11.8. The minimum Gasteiger partial charge on any atom is -0.497 e. The Morgan fingerprint density at radius 2 is 2.05 bits per heavy atom. The number of aliphatic hydroxyl groups is 2. The van der Waals surface area contributed by atoms with Crippen molar-refractivity contribution in [1.82, 2.24) is 4.90 Å². The van der Waals surface area contributed by atoms with Crippen LogP contribution < -0.4 is 4.74 Å². The summed E-state index contributed by atoms with van der Waals surface area (Å²) < 4.78 is 5.09. The highest BCUT2D eigenvalue weighted by molar-refractivity contribution is 5.92. The lowest BCUT2D eigenvalue weighted by Crippen LogP contribution is -2.27. The van der Waals surface area contributed by atoms with E-state index in [4.69, 9.17) is 4.74 Å². The largest absolute Gasteiger partial charge is 0.497 e. The van der Waals surface area contributed by atoms with E-state index in [0.29, 0.717) is 0 Å². The molecule has 0 bridgehead atoms. The second-order valence-electron chi connectivity index (χ2n) is 4.49. The fourth-order valence-corrected chi connectivity index (χ4v) is 1.97. The van der Waals surface area contributed by atoms with Gasteiger partial charge in [-0.3, -0.25) is 4.79 Å². The molecule has 5 nitrogen and oxygen atoms in total. The standard InChI is InChI=1S/C14H17NO4/c1-19-11-4-2-3-10(7-11)5-6-14(18)15-8-12(16)13(17)9-15/h2-7,12-13,16-17H,8-9H2,1H3/b6-5+. The first-order valence-electron chi connectivity index (χ1n) is 6.07. The molecule has 2 N–H and O–H groups in total. The SMILES string of the molecule is COc1cccc(/C=C/C(=O)N2CC(O)C(O)C2)c1. The van der Waals surface area contributed by atoms with E-state index >= 15 is 0 Å². The summed E-state index contributed by atoms with van der Waals surface area (Å²) in [6.45, 7) is 0.338. The first-order valence-corrected chi connectivity index (χ1v) is 6.07. The van der Waals surface area contributed by atoms with Gasteiger partial charge in [-0.25, -0.2) is 0 Å². The summed E-state index contributed by atoms with van der Waals surface area (Å²) in [6, 6.07) is 7.34. The van der Waals surface area contributed by atoms with Gasteiger partial charge in [0.15, 0.2) is 0 Å². The van der Waals surface area contributed by atoms with Crippen molar-refractivity contribution < 1.29 is 19.7 Å². The van der Waals surface area contributed by atoms with Gasteiger partial charge in [-0.2, -0.15) is 0 Å². The number of β-amino-alcohol motifs (C(OH)–C–C–N with tert-alkyl or cyclic N) is 2. The number of carbonyl (C=O) groups is 1. The Bertz CT molecular complexity index is 476. The van der Waals surface area contributed by atoms with Crippen LogP contribution in [0.5, 0.6) is 5.75 Å². The van der Waals surface area contributed by atoms with Crippen LogP contribution >= 0.6 is 0 Å². The Labute approximate surface area is 111 Å². The van der Waals surface area contributed by atoms with E-state index < -0.39 is 12.2 Å². The lowest BCUT2D eigenvalue weighted by atomic mass is 10.2. The number of hydrogen-bond acceptors (Lipinski definition) is 4. The molecule has 102 valence electrons. The number of likely N-dealkylation sites (tertiary alicyclic amines) is 1. The molecule has 1 amide bonds. The highest BCUT2D eigenvalue weighted by Gasteiger charge is 2.31. The quantitative estimate of drug-likeness (QED) is 0.768. The third-order valence-electron chi connectivity index (χ3n) is 3.08. The number of methoxy groups -OCH3 is 1. The molecule has 1 fully saturated rings. The van der Waals surface area contributed by atoms with Crippen molar-refractivity contribution >= 4 is 12.0 Å². The van der Waals surface area contributed by atoms with Gasteiger partial charge in [0.05, 0.1) is 19.3 Å². The third kappa shape index (κ3) is 3.33. The molecule has 2 rings (SSSR count). The first-order chi connectivity index (χ1) is 9.10. The van der Waals surface area contributed by atoms with Crippen LogP contribution in [0.4, 0.5) is 0 Å². The number of amides is 1. The molecule has 0 spiro atoms. The molecule has 5 heteroatoms. The third-order valence-corrected chi connectivity index (χ3v) is 3.08. The Hall–Kier alpha value is -1.85. The van der Waals surface area contributed by atoms with E-state index in [2.05, 4.69) is 0 Å². The van der Waals surface area contributed by atoms with Gasteiger partial charge in [-0.05, 0) is 23.8 Å². The predicted molar refractivity (Wildman–Crippen MR) is 70.6 cm³/mol. The number of carbonyl (C=O) groups excluding carboxylic acids is 1. The van der Waals surface area contributed by atoms with Crippen LogP contribution in [-0.4, -0.2) is 53.4 Å². The second kappa shape index (κ2) is 5.86. The summed E-state index contributed by atoms with van der Waals surface area (Å²) in [4.78, 5) is 13.3. The lowest BCUT2D eigenvalue weighted by Gasteiger charge is -2.12. The summed E-state index contributed by atoms with van der Waals surface area (Å²) >= 11 is 0. The van der Waals surface area contributed by atoms with Crippen LogP contribution in [0.15, 0.2) is 30.3 Å². The maximum Gasteiger partial charge on any atom is 0.246 e. The average Bonchev–Trinajstić information content (AvgIpc) is 2.76. The average molecular weight is 263 g/mol. The van der Waals surface area contributed by atoms with Crippen molar-refractivity contribution in [2.24, 2.45) is 0 Å². The monoisotopic (exact) mass is 263 g/mol. The summed E-state index contributed by atoms with van der Waals surface area (Å²) in [5, 5.41) is 18.8. The summed E-state index contributed by atoms with van der Waals surface area (Å²) in [6.07, 6.45) is 1.41. The fourth-order valence-electron chi connectivity index (χ4n) is 1.97. The van der Waals surface area contributed by atoms with Gasteiger partial charge >= 0.3 is 0 Å².